The number of non-ortho nitro benzene ring substituents is 1. The van der Waals surface area contributed by atoms with Gasteiger partial charge in [0, 0.05) is 17.7 Å². The first-order valence-corrected chi connectivity index (χ1v) is 4.98. The van der Waals surface area contributed by atoms with Gasteiger partial charge in [0.1, 0.15) is 0 Å². The third-order valence-electron chi connectivity index (χ3n) is 2.15. The molecule has 0 saturated heterocycles. The van der Waals surface area contributed by atoms with E-state index in [1.54, 1.807) is 0 Å². The lowest BCUT2D eigenvalue weighted by molar-refractivity contribution is -0.384. The Hall–Kier alpha value is -2.68. The van der Waals surface area contributed by atoms with Gasteiger partial charge in [-0.3, -0.25) is 14.9 Å². The van der Waals surface area contributed by atoms with Gasteiger partial charge >= 0.3 is 5.97 Å². The number of nitriles is 1. The van der Waals surface area contributed by atoms with E-state index in [0.29, 0.717) is 5.56 Å². The summed E-state index contributed by atoms with van der Waals surface area (Å²) in [6.45, 7) is 0. The number of hydrogen-bond acceptors (Lipinski definition) is 5. The van der Waals surface area contributed by atoms with E-state index in [1.807, 2.05) is 6.07 Å². The minimum Gasteiger partial charge on any atom is -0.469 e. The molecule has 0 radical (unpaired) electrons. The Labute approximate surface area is 103 Å². The van der Waals surface area contributed by atoms with Gasteiger partial charge in [0.05, 0.1) is 24.5 Å². The highest BCUT2D eigenvalue weighted by Gasteiger charge is 2.07. The first kappa shape index (κ1) is 13.4. The van der Waals surface area contributed by atoms with Gasteiger partial charge in [-0.25, -0.2) is 0 Å². The molecule has 1 aromatic rings. The van der Waals surface area contributed by atoms with Crippen LogP contribution in [0.15, 0.2) is 29.8 Å². The molecule has 6 nitrogen and oxygen atoms in total. The third kappa shape index (κ3) is 3.72. The first-order valence-electron chi connectivity index (χ1n) is 4.98. The Kier molecular flexibility index (Phi) is 4.58. The van der Waals surface area contributed by atoms with Crippen molar-refractivity contribution in [2.75, 3.05) is 7.11 Å². The lowest BCUT2D eigenvalue weighted by Gasteiger charge is -1.98. The van der Waals surface area contributed by atoms with E-state index in [2.05, 4.69) is 4.74 Å². The van der Waals surface area contributed by atoms with Crippen molar-refractivity contribution in [3.8, 4) is 6.07 Å². The lowest BCUT2D eigenvalue weighted by atomic mass is 10.1. The fourth-order valence-electron chi connectivity index (χ4n) is 1.24. The molecule has 0 aliphatic carbocycles. The number of carbonyl (C=O) groups excluding carboxylic acids is 1. The summed E-state index contributed by atoms with van der Waals surface area (Å²) in [6, 6.07) is 7.56. The standard InChI is InChI=1S/C12H10N2O4/c1-18-12(15)7-10(8-13)6-9-2-4-11(5-3-9)14(16)17/h2-6H,7H2,1H3/b10-6+. The topological polar surface area (TPSA) is 93.2 Å². The molecule has 0 fully saturated rings. The number of nitrogens with zero attached hydrogens (tertiary/aromatic N) is 2. The van der Waals surface area contributed by atoms with Crippen molar-refractivity contribution < 1.29 is 14.5 Å². The summed E-state index contributed by atoms with van der Waals surface area (Å²) in [4.78, 5) is 21.0. The highest BCUT2D eigenvalue weighted by Crippen LogP contribution is 2.15. The van der Waals surface area contributed by atoms with Crippen molar-refractivity contribution >= 4 is 17.7 Å². The van der Waals surface area contributed by atoms with Gasteiger partial charge in [0.2, 0.25) is 0 Å². The Morgan fingerprint density at radius 1 is 1.50 bits per heavy atom. The second kappa shape index (κ2) is 6.15. The summed E-state index contributed by atoms with van der Waals surface area (Å²) in [5, 5.41) is 19.3. The van der Waals surface area contributed by atoms with Crippen molar-refractivity contribution in [1.82, 2.24) is 0 Å². The van der Waals surface area contributed by atoms with Gasteiger partial charge < -0.3 is 4.74 Å². The average Bonchev–Trinajstić information content (AvgIpc) is 2.38. The van der Waals surface area contributed by atoms with Gasteiger partial charge in [-0.15, -0.1) is 0 Å². The Bertz CT molecular complexity index is 526. The van der Waals surface area contributed by atoms with Crippen molar-refractivity contribution in [2.45, 2.75) is 6.42 Å². The summed E-state index contributed by atoms with van der Waals surface area (Å²) in [5.74, 6) is -0.510. The van der Waals surface area contributed by atoms with Crippen LogP contribution in [0.3, 0.4) is 0 Å². The van der Waals surface area contributed by atoms with Crippen molar-refractivity contribution in [3.63, 3.8) is 0 Å². The minimum atomic E-state index is -0.510. The van der Waals surface area contributed by atoms with E-state index in [1.165, 1.54) is 37.5 Å². The second-order valence-electron chi connectivity index (χ2n) is 3.38. The predicted molar refractivity (Wildman–Crippen MR) is 63.3 cm³/mol. The predicted octanol–water partition coefficient (Wildman–Crippen LogP) is 2.06. The van der Waals surface area contributed by atoms with Crippen LogP contribution in [-0.4, -0.2) is 18.0 Å². The van der Waals surface area contributed by atoms with E-state index in [4.69, 9.17) is 5.26 Å². The average molecular weight is 246 g/mol. The van der Waals surface area contributed by atoms with Crippen molar-refractivity contribution in [1.29, 1.82) is 5.26 Å². The van der Waals surface area contributed by atoms with Crippen LogP contribution in [0.4, 0.5) is 5.69 Å². The lowest BCUT2D eigenvalue weighted by Crippen LogP contribution is -2.00. The van der Waals surface area contributed by atoms with Crippen LogP contribution in [0.5, 0.6) is 0 Å². The number of hydrogen-bond donors (Lipinski definition) is 0. The molecular weight excluding hydrogens is 236 g/mol. The molecule has 0 atom stereocenters. The third-order valence-corrected chi connectivity index (χ3v) is 2.15. The van der Waals surface area contributed by atoms with Crippen LogP contribution in [0.25, 0.3) is 6.08 Å². The van der Waals surface area contributed by atoms with E-state index in [9.17, 15) is 14.9 Å². The Balaban J connectivity index is 2.90. The van der Waals surface area contributed by atoms with Gasteiger partial charge in [-0.1, -0.05) is 0 Å². The number of ether oxygens (including phenoxy) is 1. The molecule has 0 heterocycles. The summed E-state index contributed by atoms with van der Waals surface area (Å²) in [6.07, 6.45) is 1.37. The Morgan fingerprint density at radius 2 is 2.11 bits per heavy atom. The molecule has 0 aliphatic heterocycles. The summed E-state index contributed by atoms with van der Waals surface area (Å²) < 4.78 is 4.45. The number of carbonyl (C=O) groups is 1. The largest absolute Gasteiger partial charge is 0.469 e. The SMILES string of the molecule is COC(=O)C/C(C#N)=C\c1ccc([N+](=O)[O-])cc1. The minimum absolute atomic E-state index is 0.0291. The molecule has 1 rings (SSSR count). The molecule has 0 amide bonds. The van der Waals surface area contributed by atoms with E-state index in [-0.39, 0.29) is 17.7 Å². The monoisotopic (exact) mass is 246 g/mol. The number of esters is 1. The molecule has 1 aromatic carbocycles. The summed E-state index contributed by atoms with van der Waals surface area (Å²) >= 11 is 0. The normalized spacial score (nSPS) is 10.6. The maximum Gasteiger partial charge on any atom is 0.310 e. The van der Waals surface area contributed by atoms with Crippen LogP contribution in [0, 0.1) is 21.4 Å². The van der Waals surface area contributed by atoms with Gasteiger partial charge in [-0.05, 0) is 23.8 Å². The smallest absolute Gasteiger partial charge is 0.310 e. The molecule has 92 valence electrons. The fraction of sp³-hybridized carbons (Fsp3) is 0.167. The number of nitro benzene ring substituents is 1. The van der Waals surface area contributed by atoms with Crippen LogP contribution >= 0.6 is 0 Å². The van der Waals surface area contributed by atoms with Crippen molar-refractivity contribution in [2.24, 2.45) is 0 Å². The molecule has 0 aromatic heterocycles. The van der Waals surface area contributed by atoms with Crippen LogP contribution in [0.2, 0.25) is 0 Å². The molecule has 6 heteroatoms. The molecule has 0 unspecified atom stereocenters. The highest BCUT2D eigenvalue weighted by molar-refractivity contribution is 5.76. The van der Waals surface area contributed by atoms with E-state index < -0.39 is 10.9 Å². The van der Waals surface area contributed by atoms with Crippen LogP contribution in [-0.2, 0) is 9.53 Å². The molecule has 0 spiro atoms. The zero-order chi connectivity index (χ0) is 13.5. The van der Waals surface area contributed by atoms with Gasteiger partial charge in [0.15, 0.2) is 0 Å². The second-order valence-corrected chi connectivity index (χ2v) is 3.38. The molecule has 0 bridgehead atoms. The van der Waals surface area contributed by atoms with Crippen LogP contribution < -0.4 is 0 Å². The zero-order valence-corrected chi connectivity index (χ0v) is 9.62. The first-order chi connectivity index (χ1) is 8.56. The number of rotatable bonds is 4. The van der Waals surface area contributed by atoms with Gasteiger partial charge in [0.25, 0.3) is 5.69 Å². The molecule has 0 saturated carbocycles. The summed E-state index contributed by atoms with van der Waals surface area (Å²) in [7, 11) is 1.24. The molecule has 0 N–H and O–H groups in total. The fourth-order valence-corrected chi connectivity index (χ4v) is 1.24. The molecule has 18 heavy (non-hydrogen) atoms. The number of nitro groups is 1. The maximum atomic E-state index is 11.0. The van der Waals surface area contributed by atoms with E-state index in [0.717, 1.165) is 0 Å². The number of benzene rings is 1. The molecular formula is C12H10N2O4. The number of methoxy groups -OCH3 is 1. The summed E-state index contributed by atoms with van der Waals surface area (Å²) in [5.41, 5.74) is 0.815. The van der Waals surface area contributed by atoms with Gasteiger partial charge in [-0.2, -0.15) is 5.26 Å². The Morgan fingerprint density at radius 3 is 2.56 bits per heavy atom. The highest BCUT2D eigenvalue weighted by atomic mass is 16.6. The molecule has 0 aliphatic rings. The quantitative estimate of drug-likeness (QED) is 0.351. The van der Waals surface area contributed by atoms with E-state index >= 15 is 0 Å². The van der Waals surface area contributed by atoms with Crippen molar-refractivity contribution in [3.05, 3.63) is 45.5 Å². The van der Waals surface area contributed by atoms with Crippen LogP contribution in [0.1, 0.15) is 12.0 Å². The zero-order valence-electron chi connectivity index (χ0n) is 9.62. The maximum absolute atomic E-state index is 11.0.